The van der Waals surface area contributed by atoms with Gasteiger partial charge in [-0.3, -0.25) is 10.8 Å². The Balaban J connectivity index is 2.26. The lowest BCUT2D eigenvalue weighted by molar-refractivity contribution is 0.482. The van der Waals surface area contributed by atoms with E-state index in [0.717, 1.165) is 0 Å². The third kappa shape index (κ3) is 3.10. The maximum absolute atomic E-state index is 7.38. The topological polar surface area (TPSA) is 109 Å². The number of nitrogen functional groups attached to an aromatic ring is 2. The van der Waals surface area contributed by atoms with Crippen molar-refractivity contribution < 1.29 is 4.74 Å². The summed E-state index contributed by atoms with van der Waals surface area (Å²) in [6.07, 6.45) is 0. The third-order valence-electron chi connectivity index (χ3n) is 2.53. The first-order valence-corrected chi connectivity index (χ1v) is 5.63. The summed E-state index contributed by atoms with van der Waals surface area (Å²) < 4.78 is 5.66. The summed E-state index contributed by atoms with van der Waals surface area (Å²) in [5.74, 6) is 1.13. The molecule has 6 N–H and O–H groups in total. The fourth-order valence-corrected chi connectivity index (χ4v) is 1.59. The molecular weight excluding hydrogens is 240 g/mol. The van der Waals surface area contributed by atoms with Gasteiger partial charge in [-0.2, -0.15) is 0 Å². The number of hydrogen-bond acceptors (Lipinski definition) is 3. The van der Waals surface area contributed by atoms with Gasteiger partial charge in [0, 0.05) is 11.1 Å². The van der Waals surface area contributed by atoms with Crippen LogP contribution in [0.1, 0.15) is 11.1 Å². The molecule has 0 radical (unpaired) electrons. The second-order valence-electron chi connectivity index (χ2n) is 3.99. The molecule has 0 aliphatic carbocycles. The number of hydrogen-bond donors (Lipinski definition) is 4. The van der Waals surface area contributed by atoms with Crippen LogP contribution in [0.2, 0.25) is 0 Å². The van der Waals surface area contributed by atoms with E-state index in [1.165, 1.54) is 0 Å². The van der Waals surface area contributed by atoms with E-state index in [1.807, 2.05) is 0 Å². The van der Waals surface area contributed by atoms with Crippen LogP contribution in [-0.2, 0) is 0 Å². The van der Waals surface area contributed by atoms with Gasteiger partial charge in [-0.15, -0.1) is 0 Å². The van der Waals surface area contributed by atoms with Crippen molar-refractivity contribution in [2.24, 2.45) is 11.5 Å². The molecule has 0 aliphatic heterocycles. The van der Waals surface area contributed by atoms with Crippen LogP contribution in [0.15, 0.2) is 48.5 Å². The highest BCUT2D eigenvalue weighted by atomic mass is 16.5. The minimum Gasteiger partial charge on any atom is -0.457 e. The molecule has 2 rings (SSSR count). The summed E-state index contributed by atoms with van der Waals surface area (Å²) >= 11 is 0. The zero-order chi connectivity index (χ0) is 13.8. The molecule has 0 unspecified atom stereocenters. The van der Waals surface area contributed by atoms with E-state index in [9.17, 15) is 0 Å². The lowest BCUT2D eigenvalue weighted by atomic mass is 10.2. The first-order chi connectivity index (χ1) is 9.06. The molecule has 0 saturated heterocycles. The maximum Gasteiger partial charge on any atom is 0.128 e. The van der Waals surface area contributed by atoms with Crippen molar-refractivity contribution in [3.63, 3.8) is 0 Å². The van der Waals surface area contributed by atoms with Crippen LogP contribution in [0, 0.1) is 10.8 Å². The van der Waals surface area contributed by atoms with Crippen molar-refractivity contribution in [1.29, 1.82) is 10.8 Å². The monoisotopic (exact) mass is 254 g/mol. The highest BCUT2D eigenvalue weighted by Crippen LogP contribution is 2.22. The Morgan fingerprint density at radius 2 is 1.21 bits per heavy atom. The molecule has 5 nitrogen and oxygen atoms in total. The Labute approximate surface area is 110 Å². The number of ether oxygens (including phenoxy) is 1. The van der Waals surface area contributed by atoms with Gasteiger partial charge in [-0.1, -0.05) is 24.3 Å². The summed E-state index contributed by atoms with van der Waals surface area (Å²) in [5.41, 5.74) is 12.0. The smallest absolute Gasteiger partial charge is 0.128 e. The predicted octanol–water partition coefficient (Wildman–Crippen LogP) is 2.05. The van der Waals surface area contributed by atoms with Crippen LogP contribution in [0.25, 0.3) is 0 Å². The molecule has 5 heteroatoms. The van der Waals surface area contributed by atoms with E-state index in [-0.39, 0.29) is 11.7 Å². The van der Waals surface area contributed by atoms with Gasteiger partial charge >= 0.3 is 0 Å². The molecule has 0 aliphatic rings. The SMILES string of the molecule is N=C(N)c1cccc(Oc2cccc(C(=N)N)c2)c1. The van der Waals surface area contributed by atoms with Crippen molar-refractivity contribution in [3.8, 4) is 11.5 Å². The fraction of sp³-hybridized carbons (Fsp3) is 0. The molecule has 0 saturated carbocycles. The summed E-state index contributed by atoms with van der Waals surface area (Å²) in [6, 6.07) is 13.9. The lowest BCUT2D eigenvalue weighted by Gasteiger charge is -2.08. The molecule has 0 bridgehead atoms. The average Bonchev–Trinajstić information content (AvgIpc) is 2.39. The van der Waals surface area contributed by atoms with Crippen molar-refractivity contribution in [2.45, 2.75) is 0 Å². The van der Waals surface area contributed by atoms with Crippen LogP contribution in [0.5, 0.6) is 11.5 Å². The minimum atomic E-state index is -0.0112. The standard InChI is InChI=1S/C14H14N4O/c15-13(16)9-3-1-5-11(7-9)19-12-6-2-4-10(8-12)14(17)18/h1-8H,(H3,15,16)(H3,17,18). The van der Waals surface area contributed by atoms with E-state index in [0.29, 0.717) is 22.6 Å². The van der Waals surface area contributed by atoms with Crippen molar-refractivity contribution >= 4 is 11.7 Å². The molecule has 0 heterocycles. The van der Waals surface area contributed by atoms with Crippen LogP contribution in [0.3, 0.4) is 0 Å². The third-order valence-corrected chi connectivity index (χ3v) is 2.53. The average molecular weight is 254 g/mol. The Kier molecular flexibility index (Phi) is 3.47. The Morgan fingerprint density at radius 3 is 1.58 bits per heavy atom. The molecule has 0 aromatic heterocycles. The van der Waals surface area contributed by atoms with Crippen molar-refractivity contribution in [1.82, 2.24) is 0 Å². The Hall–Kier alpha value is -2.82. The highest BCUT2D eigenvalue weighted by molar-refractivity contribution is 5.95. The number of benzene rings is 2. The van der Waals surface area contributed by atoms with Gasteiger partial charge in [0.2, 0.25) is 0 Å². The van der Waals surface area contributed by atoms with Crippen molar-refractivity contribution in [2.75, 3.05) is 0 Å². The number of nitrogens with two attached hydrogens (primary N) is 2. The second-order valence-corrected chi connectivity index (χ2v) is 3.99. The van der Waals surface area contributed by atoms with Crippen LogP contribution >= 0.6 is 0 Å². The summed E-state index contributed by atoms with van der Waals surface area (Å²) in [6.45, 7) is 0. The van der Waals surface area contributed by atoms with Crippen LogP contribution in [0.4, 0.5) is 0 Å². The molecule has 0 spiro atoms. The molecule has 0 amide bonds. The van der Waals surface area contributed by atoms with E-state index < -0.39 is 0 Å². The lowest BCUT2D eigenvalue weighted by Crippen LogP contribution is -2.11. The minimum absolute atomic E-state index is 0.0112. The second kappa shape index (κ2) is 5.22. The molecular formula is C14H14N4O. The first kappa shape index (κ1) is 12.6. The quantitative estimate of drug-likeness (QED) is 0.495. The van der Waals surface area contributed by atoms with Gasteiger partial charge in [-0.05, 0) is 24.3 Å². The van der Waals surface area contributed by atoms with Crippen LogP contribution < -0.4 is 16.2 Å². The number of nitrogens with one attached hydrogen (secondary N) is 2. The molecule has 2 aromatic carbocycles. The molecule has 96 valence electrons. The molecule has 19 heavy (non-hydrogen) atoms. The maximum atomic E-state index is 7.38. The summed E-state index contributed by atoms with van der Waals surface area (Å²) in [7, 11) is 0. The van der Waals surface area contributed by atoms with Gasteiger partial charge in [0.15, 0.2) is 0 Å². The molecule has 0 fully saturated rings. The van der Waals surface area contributed by atoms with E-state index in [2.05, 4.69) is 0 Å². The summed E-state index contributed by atoms with van der Waals surface area (Å²) in [5, 5.41) is 14.8. The normalized spacial score (nSPS) is 9.89. The first-order valence-electron chi connectivity index (χ1n) is 5.63. The zero-order valence-electron chi connectivity index (χ0n) is 10.2. The highest BCUT2D eigenvalue weighted by Gasteiger charge is 2.03. The van der Waals surface area contributed by atoms with Gasteiger partial charge in [-0.25, -0.2) is 0 Å². The molecule has 0 atom stereocenters. The van der Waals surface area contributed by atoms with Crippen LogP contribution in [-0.4, -0.2) is 11.7 Å². The van der Waals surface area contributed by atoms with E-state index in [4.69, 9.17) is 27.0 Å². The van der Waals surface area contributed by atoms with Gasteiger partial charge < -0.3 is 16.2 Å². The Bertz CT molecular complexity index is 581. The van der Waals surface area contributed by atoms with Gasteiger partial charge in [0.05, 0.1) is 0 Å². The van der Waals surface area contributed by atoms with Gasteiger partial charge in [0.25, 0.3) is 0 Å². The molecule has 2 aromatic rings. The largest absolute Gasteiger partial charge is 0.457 e. The van der Waals surface area contributed by atoms with Crippen molar-refractivity contribution in [3.05, 3.63) is 59.7 Å². The zero-order valence-corrected chi connectivity index (χ0v) is 10.2. The van der Waals surface area contributed by atoms with E-state index in [1.54, 1.807) is 48.5 Å². The summed E-state index contributed by atoms with van der Waals surface area (Å²) in [4.78, 5) is 0. The predicted molar refractivity (Wildman–Crippen MR) is 75.0 cm³/mol. The Morgan fingerprint density at radius 1 is 0.789 bits per heavy atom. The van der Waals surface area contributed by atoms with Gasteiger partial charge in [0.1, 0.15) is 23.2 Å². The van der Waals surface area contributed by atoms with E-state index >= 15 is 0 Å². The number of amidine groups is 2. The number of rotatable bonds is 4. The fourth-order valence-electron chi connectivity index (χ4n) is 1.59.